The average molecular weight is 329 g/mol. The molecule has 0 N–H and O–H groups in total. The summed E-state index contributed by atoms with van der Waals surface area (Å²) < 4.78 is 5.28. The van der Waals surface area contributed by atoms with Gasteiger partial charge in [-0.1, -0.05) is 12.1 Å². The third-order valence-corrected chi connectivity index (χ3v) is 5.23. The van der Waals surface area contributed by atoms with Crippen LogP contribution in [0.3, 0.4) is 0 Å². The predicted molar refractivity (Wildman–Crippen MR) is 94.3 cm³/mol. The molecule has 0 unspecified atom stereocenters. The highest BCUT2D eigenvalue weighted by atomic mass is 32.1. The molecule has 0 bridgehead atoms. The molecule has 4 heteroatoms. The molecule has 3 nitrogen and oxygen atoms in total. The number of nitrogens with zero attached hydrogens (tertiary/aromatic N) is 1. The van der Waals surface area contributed by atoms with Crippen molar-refractivity contribution in [2.24, 2.45) is 5.92 Å². The van der Waals surface area contributed by atoms with Gasteiger partial charge in [-0.2, -0.15) is 11.3 Å². The third kappa shape index (κ3) is 4.14. The lowest BCUT2D eigenvalue weighted by atomic mass is 9.91. The molecular weight excluding hydrogens is 306 g/mol. The van der Waals surface area contributed by atoms with Crippen LogP contribution in [0.1, 0.15) is 35.2 Å². The fourth-order valence-corrected chi connectivity index (χ4v) is 3.88. The van der Waals surface area contributed by atoms with Crippen molar-refractivity contribution in [3.05, 3.63) is 52.2 Å². The van der Waals surface area contributed by atoms with Gasteiger partial charge >= 0.3 is 0 Å². The van der Waals surface area contributed by atoms with Crippen molar-refractivity contribution in [1.82, 2.24) is 4.90 Å². The fourth-order valence-electron chi connectivity index (χ4n) is 3.25. The smallest absolute Gasteiger partial charge is 0.254 e. The summed E-state index contributed by atoms with van der Waals surface area (Å²) in [5.41, 5.74) is 2.15. The molecule has 3 rings (SSSR count). The standard InChI is InChI=1S/C19H23NO2S/c1-22-18-6-2-4-15(12-18)7-8-16-5-3-10-20(13-16)19(21)17-9-11-23-14-17/h2,4,6,9,11-12,14,16H,3,5,7-8,10,13H2,1H3/t16-/m1/s1. The Morgan fingerprint density at radius 3 is 3.09 bits per heavy atom. The Bertz CT molecular complexity index is 639. The van der Waals surface area contributed by atoms with Crippen molar-refractivity contribution < 1.29 is 9.53 Å². The lowest BCUT2D eigenvalue weighted by molar-refractivity contribution is 0.0669. The van der Waals surface area contributed by atoms with Crippen LogP contribution in [0.4, 0.5) is 0 Å². The molecule has 23 heavy (non-hydrogen) atoms. The maximum atomic E-state index is 12.5. The molecule has 0 spiro atoms. The maximum absolute atomic E-state index is 12.5. The van der Waals surface area contributed by atoms with Crippen molar-refractivity contribution in [3.63, 3.8) is 0 Å². The van der Waals surface area contributed by atoms with Gasteiger partial charge < -0.3 is 9.64 Å². The largest absolute Gasteiger partial charge is 0.497 e. The summed E-state index contributed by atoms with van der Waals surface area (Å²) in [5, 5.41) is 3.92. The first-order valence-electron chi connectivity index (χ1n) is 8.20. The number of hydrogen-bond acceptors (Lipinski definition) is 3. The molecule has 1 aliphatic rings. The first-order chi connectivity index (χ1) is 11.3. The molecule has 1 fully saturated rings. The molecule has 0 radical (unpaired) electrons. The van der Waals surface area contributed by atoms with Crippen LogP contribution in [0, 0.1) is 5.92 Å². The second-order valence-electron chi connectivity index (χ2n) is 6.16. The van der Waals surface area contributed by atoms with E-state index < -0.39 is 0 Å². The van der Waals surface area contributed by atoms with Crippen molar-refractivity contribution in [2.75, 3.05) is 20.2 Å². The summed E-state index contributed by atoms with van der Waals surface area (Å²) >= 11 is 1.58. The fraction of sp³-hybridized carbons (Fsp3) is 0.421. The second kappa shape index (κ2) is 7.64. The first-order valence-corrected chi connectivity index (χ1v) is 9.15. The van der Waals surface area contributed by atoms with Gasteiger partial charge in [0.25, 0.3) is 5.91 Å². The quantitative estimate of drug-likeness (QED) is 0.821. The Kier molecular flexibility index (Phi) is 5.34. The molecule has 1 aromatic carbocycles. The number of carbonyl (C=O) groups is 1. The summed E-state index contributed by atoms with van der Waals surface area (Å²) in [7, 11) is 1.70. The molecule has 0 aliphatic carbocycles. The van der Waals surface area contributed by atoms with Gasteiger partial charge in [-0.3, -0.25) is 4.79 Å². The second-order valence-corrected chi connectivity index (χ2v) is 6.94. The van der Waals surface area contributed by atoms with Gasteiger partial charge in [0.1, 0.15) is 5.75 Å². The maximum Gasteiger partial charge on any atom is 0.254 e. The van der Waals surface area contributed by atoms with Crippen LogP contribution in [0.25, 0.3) is 0 Å². The summed E-state index contributed by atoms with van der Waals surface area (Å²) in [6, 6.07) is 10.2. The Labute approximate surface area is 141 Å². The number of aryl methyl sites for hydroxylation is 1. The molecule has 1 atom stereocenters. The SMILES string of the molecule is COc1cccc(CC[C@H]2CCCN(C(=O)c3ccsc3)C2)c1. The molecule has 1 aromatic heterocycles. The third-order valence-electron chi connectivity index (χ3n) is 4.55. The van der Waals surface area contributed by atoms with Gasteiger partial charge in [0.05, 0.1) is 12.7 Å². The number of benzene rings is 1. The van der Waals surface area contributed by atoms with E-state index in [1.165, 1.54) is 12.0 Å². The highest BCUT2D eigenvalue weighted by Gasteiger charge is 2.24. The molecule has 1 amide bonds. The number of thiophene rings is 1. The number of ether oxygens (including phenoxy) is 1. The Morgan fingerprint density at radius 1 is 1.39 bits per heavy atom. The molecular formula is C19H23NO2S. The van der Waals surface area contributed by atoms with E-state index >= 15 is 0 Å². The minimum Gasteiger partial charge on any atom is -0.497 e. The van der Waals surface area contributed by atoms with E-state index in [9.17, 15) is 4.79 Å². The minimum absolute atomic E-state index is 0.192. The van der Waals surface area contributed by atoms with Crippen molar-refractivity contribution in [2.45, 2.75) is 25.7 Å². The van der Waals surface area contributed by atoms with Crippen LogP contribution >= 0.6 is 11.3 Å². The zero-order valence-electron chi connectivity index (χ0n) is 13.5. The molecule has 1 saturated heterocycles. The zero-order valence-corrected chi connectivity index (χ0v) is 14.3. The number of likely N-dealkylation sites (tertiary alicyclic amines) is 1. The molecule has 122 valence electrons. The van der Waals surface area contributed by atoms with Gasteiger partial charge in [-0.15, -0.1) is 0 Å². The van der Waals surface area contributed by atoms with Crippen LogP contribution in [-0.4, -0.2) is 31.0 Å². The van der Waals surface area contributed by atoms with Gasteiger partial charge in [0.15, 0.2) is 0 Å². The van der Waals surface area contributed by atoms with E-state index in [1.54, 1.807) is 18.4 Å². The topological polar surface area (TPSA) is 29.5 Å². The number of piperidine rings is 1. The molecule has 1 aliphatic heterocycles. The van der Waals surface area contributed by atoms with E-state index in [0.29, 0.717) is 5.92 Å². The van der Waals surface area contributed by atoms with Crippen LogP contribution in [0.15, 0.2) is 41.1 Å². The number of hydrogen-bond donors (Lipinski definition) is 0. The lowest BCUT2D eigenvalue weighted by Gasteiger charge is -2.32. The Morgan fingerprint density at radius 2 is 2.30 bits per heavy atom. The average Bonchev–Trinajstić information content (AvgIpc) is 3.14. The van der Waals surface area contributed by atoms with Gasteiger partial charge in [0, 0.05) is 18.5 Å². The van der Waals surface area contributed by atoms with Crippen LogP contribution in [0.5, 0.6) is 5.75 Å². The Hall–Kier alpha value is -1.81. The molecule has 2 heterocycles. The first kappa shape index (κ1) is 16.1. The highest BCUT2D eigenvalue weighted by Crippen LogP contribution is 2.24. The number of rotatable bonds is 5. The van der Waals surface area contributed by atoms with Crippen molar-refractivity contribution in [3.8, 4) is 5.75 Å². The summed E-state index contributed by atoms with van der Waals surface area (Å²) in [6.07, 6.45) is 4.50. The van der Waals surface area contributed by atoms with Gasteiger partial charge in [0.2, 0.25) is 0 Å². The normalized spacial score (nSPS) is 18.0. The van der Waals surface area contributed by atoms with E-state index in [1.807, 2.05) is 33.9 Å². The monoisotopic (exact) mass is 329 g/mol. The lowest BCUT2D eigenvalue weighted by Crippen LogP contribution is -2.39. The number of carbonyl (C=O) groups excluding carboxylic acids is 1. The molecule has 0 saturated carbocycles. The van der Waals surface area contributed by atoms with Crippen LogP contribution in [0.2, 0.25) is 0 Å². The number of methoxy groups -OCH3 is 1. The molecule has 2 aromatic rings. The predicted octanol–water partition coefficient (Wildman–Crippen LogP) is 4.24. The van der Waals surface area contributed by atoms with Gasteiger partial charge in [-0.25, -0.2) is 0 Å². The number of amides is 1. The van der Waals surface area contributed by atoms with Crippen LogP contribution in [-0.2, 0) is 6.42 Å². The minimum atomic E-state index is 0.192. The summed E-state index contributed by atoms with van der Waals surface area (Å²) in [6.45, 7) is 1.78. The summed E-state index contributed by atoms with van der Waals surface area (Å²) in [4.78, 5) is 14.5. The summed E-state index contributed by atoms with van der Waals surface area (Å²) in [5.74, 6) is 1.70. The Balaban J connectivity index is 1.55. The van der Waals surface area contributed by atoms with E-state index in [4.69, 9.17) is 4.74 Å². The highest BCUT2D eigenvalue weighted by molar-refractivity contribution is 7.08. The zero-order chi connectivity index (χ0) is 16.1. The van der Waals surface area contributed by atoms with Crippen molar-refractivity contribution >= 4 is 17.2 Å². The van der Waals surface area contributed by atoms with Crippen LogP contribution < -0.4 is 4.74 Å². The van der Waals surface area contributed by atoms with Crippen molar-refractivity contribution in [1.29, 1.82) is 0 Å². The van der Waals surface area contributed by atoms with Gasteiger partial charge in [-0.05, 0) is 60.7 Å². The van der Waals surface area contributed by atoms with E-state index in [2.05, 4.69) is 12.1 Å². The van der Waals surface area contributed by atoms with E-state index in [0.717, 1.165) is 43.7 Å². The van der Waals surface area contributed by atoms with E-state index in [-0.39, 0.29) is 5.91 Å².